The van der Waals surface area contributed by atoms with Gasteiger partial charge in [0.1, 0.15) is 0 Å². The molecule has 0 saturated carbocycles. The van der Waals surface area contributed by atoms with Crippen molar-refractivity contribution in [1.82, 2.24) is 0 Å². The number of esters is 1. The van der Waals surface area contributed by atoms with Gasteiger partial charge in [0.25, 0.3) is 0 Å². The first-order chi connectivity index (χ1) is 11.6. The summed E-state index contributed by atoms with van der Waals surface area (Å²) in [5.74, 6) is -1.74. The van der Waals surface area contributed by atoms with E-state index in [4.69, 9.17) is 9.84 Å². The minimum Gasteiger partial charge on any atom is -0.478 e. The van der Waals surface area contributed by atoms with Crippen LogP contribution in [0.5, 0.6) is 0 Å². The van der Waals surface area contributed by atoms with Gasteiger partial charge < -0.3 is 9.84 Å². The second kappa shape index (κ2) is 8.48. The lowest BCUT2D eigenvalue weighted by molar-refractivity contribution is 0.0514. The molecule has 0 aliphatic rings. The van der Waals surface area contributed by atoms with Crippen molar-refractivity contribution >= 4 is 22.7 Å². The van der Waals surface area contributed by atoms with Gasteiger partial charge in [-0.1, -0.05) is 60.7 Å². The van der Waals surface area contributed by atoms with E-state index < -0.39 is 11.9 Å². The zero-order valence-corrected chi connectivity index (χ0v) is 13.3. The van der Waals surface area contributed by atoms with Gasteiger partial charge in [-0.05, 0) is 29.8 Å². The van der Waals surface area contributed by atoms with Crippen LogP contribution in [0.1, 0.15) is 27.6 Å². The normalized spacial score (nSPS) is 9.71. The van der Waals surface area contributed by atoms with E-state index in [9.17, 15) is 9.59 Å². The topological polar surface area (TPSA) is 63.6 Å². The molecule has 3 aromatic carbocycles. The van der Waals surface area contributed by atoms with E-state index in [1.807, 2.05) is 0 Å². The fraction of sp³-hybridized carbons (Fsp3) is 0.100. The highest BCUT2D eigenvalue weighted by molar-refractivity contribution is 6.02. The lowest BCUT2D eigenvalue weighted by Gasteiger charge is -2.04. The fourth-order valence-corrected chi connectivity index (χ4v) is 2.19. The Balaban J connectivity index is 0.000000182. The maximum absolute atomic E-state index is 11.3. The number of carboxylic acid groups (broad SMARTS) is 1. The Morgan fingerprint density at radius 1 is 0.792 bits per heavy atom. The van der Waals surface area contributed by atoms with Gasteiger partial charge in [-0.2, -0.15) is 0 Å². The summed E-state index contributed by atoms with van der Waals surface area (Å²) < 4.78 is 4.72. The Morgan fingerprint density at radius 2 is 1.21 bits per heavy atom. The van der Waals surface area contributed by atoms with Crippen LogP contribution >= 0.6 is 0 Å². The molecule has 0 radical (unpaired) electrons. The maximum atomic E-state index is 11.3. The van der Waals surface area contributed by atoms with Crippen molar-refractivity contribution in [2.75, 3.05) is 6.61 Å². The second-order valence-electron chi connectivity index (χ2n) is 4.92. The highest BCUT2D eigenvalue weighted by Gasteiger charge is 2.15. The first-order valence-corrected chi connectivity index (χ1v) is 7.56. The molecule has 24 heavy (non-hydrogen) atoms. The monoisotopic (exact) mass is 322 g/mol. The number of hydrogen-bond acceptors (Lipinski definition) is 3. The summed E-state index contributed by atoms with van der Waals surface area (Å²) in [6, 6.07) is 22.7. The van der Waals surface area contributed by atoms with E-state index in [-0.39, 0.29) is 17.7 Å². The molecule has 122 valence electrons. The van der Waals surface area contributed by atoms with Crippen LogP contribution in [0.2, 0.25) is 0 Å². The Kier molecular flexibility index (Phi) is 6.08. The zero-order chi connectivity index (χ0) is 17.4. The Morgan fingerprint density at radius 3 is 1.62 bits per heavy atom. The first-order valence-electron chi connectivity index (χ1n) is 7.56. The van der Waals surface area contributed by atoms with E-state index in [0.29, 0.717) is 0 Å². The number of fused-ring (bicyclic) bond motifs is 1. The van der Waals surface area contributed by atoms with Crippen molar-refractivity contribution in [2.24, 2.45) is 0 Å². The number of hydrogen-bond donors (Lipinski definition) is 1. The summed E-state index contributed by atoms with van der Waals surface area (Å²) in [6.07, 6.45) is 0. The molecule has 0 aromatic heterocycles. The van der Waals surface area contributed by atoms with Gasteiger partial charge in [0.15, 0.2) is 0 Å². The molecule has 0 saturated heterocycles. The minimum atomic E-state index is -1.13. The number of carboxylic acids is 1. The largest absolute Gasteiger partial charge is 0.478 e. The van der Waals surface area contributed by atoms with Crippen molar-refractivity contribution in [1.29, 1.82) is 0 Å². The molecule has 3 rings (SSSR count). The minimum absolute atomic E-state index is 0.0362. The molecule has 0 bridgehead atoms. The van der Waals surface area contributed by atoms with Crippen molar-refractivity contribution in [3.63, 3.8) is 0 Å². The van der Waals surface area contributed by atoms with Gasteiger partial charge in [0.05, 0.1) is 17.7 Å². The summed E-state index contributed by atoms with van der Waals surface area (Å²) in [6.45, 7) is 1.90. The zero-order valence-electron chi connectivity index (χ0n) is 13.3. The highest BCUT2D eigenvalue weighted by Crippen LogP contribution is 2.11. The lowest BCUT2D eigenvalue weighted by Crippen LogP contribution is -2.11. The van der Waals surface area contributed by atoms with Crippen molar-refractivity contribution in [3.05, 3.63) is 83.9 Å². The third-order valence-corrected chi connectivity index (χ3v) is 3.31. The highest BCUT2D eigenvalue weighted by atomic mass is 16.5. The molecule has 4 nitrogen and oxygen atoms in total. The number of aromatic carboxylic acids is 1. The molecule has 1 N–H and O–H groups in total. The van der Waals surface area contributed by atoms with Crippen LogP contribution in [0, 0.1) is 0 Å². The van der Waals surface area contributed by atoms with Crippen LogP contribution in [0.4, 0.5) is 0 Å². The molecular formula is C20H18O4. The fourth-order valence-electron chi connectivity index (χ4n) is 2.19. The lowest BCUT2D eigenvalue weighted by atomic mass is 10.1. The van der Waals surface area contributed by atoms with Crippen molar-refractivity contribution < 1.29 is 19.4 Å². The first kappa shape index (κ1) is 17.2. The SMILES string of the molecule is CCOC(=O)c1ccccc1C(=O)O.c1ccc2ccccc2c1. The summed E-state index contributed by atoms with van der Waals surface area (Å²) >= 11 is 0. The van der Waals surface area contributed by atoms with Gasteiger partial charge in [-0.25, -0.2) is 9.59 Å². The average molecular weight is 322 g/mol. The van der Waals surface area contributed by atoms with E-state index in [0.717, 1.165) is 0 Å². The Bertz CT molecular complexity index is 774. The van der Waals surface area contributed by atoms with Gasteiger partial charge in [-0.3, -0.25) is 0 Å². The van der Waals surface area contributed by atoms with E-state index in [1.54, 1.807) is 19.1 Å². The quantitative estimate of drug-likeness (QED) is 0.726. The van der Waals surface area contributed by atoms with Crippen LogP contribution in [-0.4, -0.2) is 23.7 Å². The molecule has 0 aliphatic carbocycles. The number of benzene rings is 3. The second-order valence-corrected chi connectivity index (χ2v) is 4.92. The average Bonchev–Trinajstić information content (AvgIpc) is 2.62. The molecular weight excluding hydrogens is 304 g/mol. The van der Waals surface area contributed by atoms with Crippen LogP contribution in [0.25, 0.3) is 10.8 Å². The van der Waals surface area contributed by atoms with E-state index in [2.05, 4.69) is 48.5 Å². The summed E-state index contributed by atoms with van der Waals surface area (Å²) in [7, 11) is 0. The van der Waals surface area contributed by atoms with Crippen LogP contribution in [-0.2, 0) is 4.74 Å². The Labute approximate surface area is 140 Å². The van der Waals surface area contributed by atoms with Crippen molar-refractivity contribution in [2.45, 2.75) is 6.92 Å². The molecule has 0 fully saturated rings. The molecule has 0 spiro atoms. The third-order valence-electron chi connectivity index (χ3n) is 3.31. The summed E-state index contributed by atoms with van der Waals surface area (Å²) in [5, 5.41) is 11.4. The molecule has 0 unspecified atom stereocenters. The predicted molar refractivity (Wildman–Crippen MR) is 93.3 cm³/mol. The van der Waals surface area contributed by atoms with Crippen molar-refractivity contribution in [3.8, 4) is 0 Å². The smallest absolute Gasteiger partial charge is 0.338 e. The van der Waals surface area contributed by atoms with Gasteiger partial charge in [-0.15, -0.1) is 0 Å². The molecule has 3 aromatic rings. The van der Waals surface area contributed by atoms with Crippen LogP contribution in [0.3, 0.4) is 0 Å². The third kappa shape index (κ3) is 4.43. The van der Waals surface area contributed by atoms with Crippen LogP contribution in [0.15, 0.2) is 72.8 Å². The molecule has 0 atom stereocenters. The molecule has 4 heteroatoms. The standard InChI is InChI=1S/C10H10O4.C10H8/c1-2-14-10(13)8-6-4-3-5-7(8)9(11)12;1-2-6-10-8-4-3-7-9(10)5-1/h3-6H,2H2,1H3,(H,11,12);1-8H. The summed E-state index contributed by atoms with van der Waals surface area (Å²) in [5.41, 5.74) is 0.0489. The maximum Gasteiger partial charge on any atom is 0.338 e. The number of carbonyl (C=O) groups is 2. The molecule has 0 heterocycles. The molecule has 0 amide bonds. The predicted octanol–water partition coefficient (Wildman–Crippen LogP) is 4.40. The van der Waals surface area contributed by atoms with Crippen LogP contribution < -0.4 is 0 Å². The Hall–Kier alpha value is -3.14. The molecule has 0 aliphatic heterocycles. The van der Waals surface area contributed by atoms with E-state index in [1.165, 1.54) is 22.9 Å². The van der Waals surface area contributed by atoms with Gasteiger partial charge >= 0.3 is 11.9 Å². The summed E-state index contributed by atoms with van der Waals surface area (Å²) in [4.78, 5) is 22.0. The van der Waals surface area contributed by atoms with Gasteiger partial charge in [0.2, 0.25) is 0 Å². The number of rotatable bonds is 3. The van der Waals surface area contributed by atoms with E-state index >= 15 is 0 Å². The number of carbonyl (C=O) groups excluding carboxylic acids is 1. The van der Waals surface area contributed by atoms with Gasteiger partial charge in [0, 0.05) is 0 Å². The number of ether oxygens (including phenoxy) is 1.